The van der Waals surface area contributed by atoms with Crippen molar-refractivity contribution in [2.75, 3.05) is 44.2 Å². The molecule has 0 unspecified atom stereocenters. The number of carbonyl (C=O) groups excluding carboxylic acids is 1. The maximum atomic E-state index is 12.7. The van der Waals surface area contributed by atoms with E-state index in [1.54, 1.807) is 12.3 Å². The number of rotatable bonds is 3. The van der Waals surface area contributed by atoms with Crippen molar-refractivity contribution < 1.29 is 4.79 Å². The van der Waals surface area contributed by atoms with Crippen LogP contribution in [0.2, 0.25) is 0 Å². The summed E-state index contributed by atoms with van der Waals surface area (Å²) in [7, 11) is 0. The highest BCUT2D eigenvalue weighted by molar-refractivity contribution is 5.92. The van der Waals surface area contributed by atoms with Gasteiger partial charge in [0.15, 0.2) is 0 Å². The summed E-state index contributed by atoms with van der Waals surface area (Å²) in [6.45, 7) is 5.58. The van der Waals surface area contributed by atoms with Crippen molar-refractivity contribution in [1.82, 2.24) is 24.8 Å². The van der Waals surface area contributed by atoms with Gasteiger partial charge in [0, 0.05) is 64.1 Å². The molecule has 7 nitrogen and oxygen atoms in total. The zero-order valence-corrected chi connectivity index (χ0v) is 16.8. The van der Waals surface area contributed by atoms with Gasteiger partial charge >= 0.3 is 0 Å². The Morgan fingerprint density at radius 3 is 2.52 bits per heavy atom. The number of amides is 1. The summed E-state index contributed by atoms with van der Waals surface area (Å²) in [6, 6.07) is 6.28. The second kappa shape index (κ2) is 8.06. The smallest absolute Gasteiger partial charge is 0.272 e. The Morgan fingerprint density at radius 2 is 1.79 bits per heavy atom. The predicted octanol–water partition coefficient (Wildman–Crippen LogP) is 1.79. The van der Waals surface area contributed by atoms with Gasteiger partial charge in [-0.2, -0.15) is 0 Å². The summed E-state index contributed by atoms with van der Waals surface area (Å²) in [6.07, 6.45) is 9.33. The largest absolute Gasteiger partial charge is 0.338 e. The molecule has 5 rings (SSSR count). The van der Waals surface area contributed by atoms with Crippen molar-refractivity contribution in [3.63, 3.8) is 0 Å². The third-order valence-corrected chi connectivity index (χ3v) is 6.57. The van der Waals surface area contributed by atoms with Crippen LogP contribution in [0.5, 0.6) is 0 Å². The molecule has 29 heavy (non-hydrogen) atoms. The standard InChI is InChI=1S/C22H28N6O/c29-21(20-6-1-2-9-23-20)27-10-7-17-16-24-22(25-19(17)8-11-27)28-14-12-26(13-15-28)18-4-3-5-18/h1-2,6,9,16,18H,3-5,7-8,10-15H2. The van der Waals surface area contributed by atoms with Gasteiger partial charge in [0.05, 0.1) is 5.69 Å². The van der Waals surface area contributed by atoms with Gasteiger partial charge in [0.1, 0.15) is 5.69 Å². The Morgan fingerprint density at radius 1 is 0.966 bits per heavy atom. The van der Waals surface area contributed by atoms with Crippen molar-refractivity contribution in [2.45, 2.75) is 38.1 Å². The molecule has 3 aliphatic rings. The first-order valence-electron chi connectivity index (χ1n) is 10.8. The number of piperazine rings is 1. The van der Waals surface area contributed by atoms with Crippen LogP contribution in [-0.4, -0.2) is 76.0 Å². The van der Waals surface area contributed by atoms with Crippen LogP contribution < -0.4 is 4.90 Å². The van der Waals surface area contributed by atoms with Gasteiger partial charge in [-0.1, -0.05) is 12.5 Å². The van der Waals surface area contributed by atoms with Crippen LogP contribution in [0.1, 0.15) is 41.0 Å². The number of carbonyl (C=O) groups is 1. The van der Waals surface area contributed by atoms with Crippen molar-refractivity contribution >= 4 is 11.9 Å². The molecule has 1 amide bonds. The molecule has 2 aliphatic heterocycles. The minimum atomic E-state index is -0.00120. The van der Waals surface area contributed by atoms with E-state index in [2.05, 4.69) is 19.8 Å². The molecule has 7 heteroatoms. The molecule has 0 radical (unpaired) electrons. The Hall–Kier alpha value is -2.54. The fourth-order valence-electron chi connectivity index (χ4n) is 4.51. The number of hydrogen-bond donors (Lipinski definition) is 0. The highest BCUT2D eigenvalue weighted by Crippen LogP contribution is 2.26. The van der Waals surface area contributed by atoms with E-state index in [1.165, 1.54) is 19.3 Å². The third kappa shape index (κ3) is 3.83. The van der Waals surface area contributed by atoms with Gasteiger partial charge in [-0.15, -0.1) is 0 Å². The topological polar surface area (TPSA) is 65.5 Å². The maximum absolute atomic E-state index is 12.7. The number of pyridine rings is 1. The number of fused-ring (bicyclic) bond motifs is 1. The summed E-state index contributed by atoms with van der Waals surface area (Å²) in [5.74, 6) is 0.847. The van der Waals surface area contributed by atoms with Crippen molar-refractivity contribution in [1.29, 1.82) is 0 Å². The first kappa shape index (κ1) is 18.5. The van der Waals surface area contributed by atoms with Crippen molar-refractivity contribution in [2.24, 2.45) is 0 Å². The lowest BCUT2D eigenvalue weighted by Crippen LogP contribution is -2.52. The highest BCUT2D eigenvalue weighted by atomic mass is 16.2. The average molecular weight is 393 g/mol. The van der Waals surface area contributed by atoms with E-state index >= 15 is 0 Å². The normalized spacial score (nSPS) is 20.7. The number of nitrogens with zero attached hydrogens (tertiary/aromatic N) is 6. The first-order valence-corrected chi connectivity index (χ1v) is 10.8. The number of anilines is 1. The van der Waals surface area contributed by atoms with Gasteiger partial charge in [0.2, 0.25) is 5.95 Å². The highest BCUT2D eigenvalue weighted by Gasteiger charge is 2.29. The van der Waals surface area contributed by atoms with E-state index in [0.717, 1.165) is 62.3 Å². The lowest BCUT2D eigenvalue weighted by atomic mass is 9.91. The molecule has 0 bridgehead atoms. The lowest BCUT2D eigenvalue weighted by Gasteiger charge is -2.43. The summed E-state index contributed by atoms with van der Waals surface area (Å²) in [4.78, 5) is 33.4. The van der Waals surface area contributed by atoms with E-state index in [1.807, 2.05) is 23.2 Å². The quantitative estimate of drug-likeness (QED) is 0.794. The molecule has 2 fully saturated rings. The molecule has 0 atom stereocenters. The molecule has 152 valence electrons. The summed E-state index contributed by atoms with van der Waals surface area (Å²) < 4.78 is 0. The molecule has 1 saturated heterocycles. The molecule has 2 aromatic rings. The van der Waals surface area contributed by atoms with E-state index < -0.39 is 0 Å². The maximum Gasteiger partial charge on any atom is 0.272 e. The van der Waals surface area contributed by atoms with E-state index in [4.69, 9.17) is 4.98 Å². The van der Waals surface area contributed by atoms with Gasteiger partial charge in [-0.05, 0) is 37.0 Å². The monoisotopic (exact) mass is 392 g/mol. The minimum Gasteiger partial charge on any atom is -0.338 e. The van der Waals surface area contributed by atoms with Crippen LogP contribution in [-0.2, 0) is 12.8 Å². The molecule has 1 aliphatic carbocycles. The molecule has 1 saturated carbocycles. The second-order valence-electron chi connectivity index (χ2n) is 8.26. The number of hydrogen-bond acceptors (Lipinski definition) is 6. The SMILES string of the molecule is O=C(c1ccccn1)N1CCc2cnc(N3CCN(C4CCC4)CC3)nc2CC1. The lowest BCUT2D eigenvalue weighted by molar-refractivity contribution is 0.0757. The fraction of sp³-hybridized carbons (Fsp3) is 0.545. The van der Waals surface area contributed by atoms with Gasteiger partial charge in [0.25, 0.3) is 5.91 Å². The van der Waals surface area contributed by atoms with Crippen LogP contribution in [0.25, 0.3) is 0 Å². The molecule has 0 N–H and O–H groups in total. The van der Waals surface area contributed by atoms with Crippen LogP contribution in [0.3, 0.4) is 0 Å². The molecular weight excluding hydrogens is 364 g/mol. The third-order valence-electron chi connectivity index (χ3n) is 6.57. The Bertz CT molecular complexity index is 861. The first-order chi connectivity index (χ1) is 14.3. The van der Waals surface area contributed by atoms with Crippen LogP contribution in [0.15, 0.2) is 30.6 Å². The van der Waals surface area contributed by atoms with Crippen LogP contribution >= 0.6 is 0 Å². The fourth-order valence-corrected chi connectivity index (χ4v) is 4.51. The Balaban J connectivity index is 1.24. The van der Waals surface area contributed by atoms with E-state index in [0.29, 0.717) is 18.8 Å². The molecule has 0 aromatic carbocycles. The average Bonchev–Trinajstić information content (AvgIpc) is 2.95. The molecule has 0 spiro atoms. The number of aromatic nitrogens is 3. The molecule has 4 heterocycles. The second-order valence-corrected chi connectivity index (χ2v) is 8.26. The van der Waals surface area contributed by atoms with Gasteiger partial charge in [-0.25, -0.2) is 9.97 Å². The van der Waals surface area contributed by atoms with E-state index in [-0.39, 0.29) is 5.91 Å². The predicted molar refractivity (Wildman–Crippen MR) is 111 cm³/mol. The minimum absolute atomic E-state index is 0.00120. The summed E-state index contributed by atoms with van der Waals surface area (Å²) >= 11 is 0. The zero-order valence-electron chi connectivity index (χ0n) is 16.8. The van der Waals surface area contributed by atoms with Crippen LogP contribution in [0, 0.1) is 0 Å². The Labute approximate surface area is 171 Å². The van der Waals surface area contributed by atoms with Crippen molar-refractivity contribution in [3.8, 4) is 0 Å². The molecular formula is C22H28N6O. The summed E-state index contributed by atoms with van der Waals surface area (Å²) in [5, 5.41) is 0. The Kier molecular flexibility index (Phi) is 5.14. The summed E-state index contributed by atoms with van der Waals surface area (Å²) in [5.41, 5.74) is 2.76. The van der Waals surface area contributed by atoms with Crippen LogP contribution in [0.4, 0.5) is 5.95 Å². The van der Waals surface area contributed by atoms with Crippen molar-refractivity contribution in [3.05, 3.63) is 47.5 Å². The zero-order chi connectivity index (χ0) is 19.6. The van der Waals surface area contributed by atoms with Gasteiger partial charge in [-0.3, -0.25) is 14.7 Å². The van der Waals surface area contributed by atoms with Gasteiger partial charge < -0.3 is 9.80 Å². The van der Waals surface area contributed by atoms with E-state index in [9.17, 15) is 4.79 Å². The molecule has 2 aromatic heterocycles.